The molecule has 0 spiro atoms. The van der Waals surface area contributed by atoms with E-state index in [9.17, 15) is 14.7 Å². The van der Waals surface area contributed by atoms with E-state index < -0.39 is 6.09 Å². The third kappa shape index (κ3) is 4.74. The molecule has 2 fully saturated rings. The first-order valence-corrected chi connectivity index (χ1v) is 11.0. The van der Waals surface area contributed by atoms with E-state index in [2.05, 4.69) is 10.2 Å². The Morgan fingerprint density at radius 3 is 2.16 bits per heavy atom. The Morgan fingerprint density at radius 2 is 1.58 bits per heavy atom. The summed E-state index contributed by atoms with van der Waals surface area (Å²) in [6.45, 7) is 8.41. The molecule has 2 amide bonds. The molecule has 2 aliphatic rings. The minimum Gasteiger partial charge on any atom is -0.465 e. The van der Waals surface area contributed by atoms with Crippen LogP contribution in [0.2, 0.25) is 0 Å². The van der Waals surface area contributed by atoms with E-state index in [1.165, 1.54) is 0 Å². The molecule has 0 radical (unpaired) electrons. The van der Waals surface area contributed by atoms with Crippen LogP contribution in [-0.2, 0) is 0 Å². The zero-order valence-corrected chi connectivity index (χ0v) is 18.3. The maximum Gasteiger partial charge on any atom is 0.405 e. The fourth-order valence-corrected chi connectivity index (χ4v) is 5.22. The number of nitrogens with zero attached hydrogens (tertiary/aromatic N) is 2. The molecule has 4 rings (SSSR count). The highest BCUT2D eigenvalue weighted by molar-refractivity contribution is 5.97. The molecular weight excluding hydrogens is 390 g/mol. The van der Waals surface area contributed by atoms with E-state index >= 15 is 0 Å². The van der Waals surface area contributed by atoms with Gasteiger partial charge < -0.3 is 20.2 Å². The number of carbonyl (C=O) groups is 2. The van der Waals surface area contributed by atoms with Gasteiger partial charge in [0, 0.05) is 38.3 Å². The number of aryl methyl sites for hydroxylation is 2. The van der Waals surface area contributed by atoms with Crippen molar-refractivity contribution >= 4 is 12.0 Å². The summed E-state index contributed by atoms with van der Waals surface area (Å²) in [4.78, 5) is 28.8. The summed E-state index contributed by atoms with van der Waals surface area (Å²) in [7, 11) is 0. The summed E-state index contributed by atoms with van der Waals surface area (Å²) in [5, 5.41) is 11.9. The fraction of sp³-hybridized carbons (Fsp3) is 0.440. The summed E-state index contributed by atoms with van der Waals surface area (Å²) in [5.74, 6) is 1.15. The number of nitrogens with one attached hydrogen (secondary N) is 1. The summed E-state index contributed by atoms with van der Waals surface area (Å²) in [6, 6.07) is 15.6. The van der Waals surface area contributed by atoms with Crippen molar-refractivity contribution in [1.82, 2.24) is 15.1 Å². The average Bonchev–Trinajstić information content (AvgIpc) is 3.30. The Labute approximate surface area is 183 Å². The molecule has 2 unspecified atom stereocenters. The number of rotatable bonds is 6. The average molecular weight is 422 g/mol. The second kappa shape index (κ2) is 9.10. The van der Waals surface area contributed by atoms with Crippen molar-refractivity contribution in [3.63, 3.8) is 0 Å². The lowest BCUT2D eigenvalue weighted by atomic mass is 10.0. The van der Waals surface area contributed by atoms with Gasteiger partial charge in [-0.15, -0.1) is 0 Å². The van der Waals surface area contributed by atoms with E-state index in [-0.39, 0.29) is 11.9 Å². The topological polar surface area (TPSA) is 72.9 Å². The fourth-order valence-electron chi connectivity index (χ4n) is 5.22. The van der Waals surface area contributed by atoms with Crippen LogP contribution in [-0.4, -0.2) is 59.6 Å². The van der Waals surface area contributed by atoms with Crippen LogP contribution < -0.4 is 5.32 Å². The lowest BCUT2D eigenvalue weighted by Gasteiger charge is -2.25. The van der Waals surface area contributed by atoms with Crippen molar-refractivity contribution in [3.8, 4) is 0 Å². The number of hydrogen-bond acceptors (Lipinski definition) is 3. The predicted molar refractivity (Wildman–Crippen MR) is 120 cm³/mol. The molecule has 0 aromatic heterocycles. The van der Waals surface area contributed by atoms with Crippen molar-refractivity contribution in [1.29, 1.82) is 0 Å². The maximum absolute atomic E-state index is 13.1. The molecule has 31 heavy (non-hydrogen) atoms. The molecule has 2 aromatic carbocycles. The normalized spacial score (nSPS) is 21.7. The first-order chi connectivity index (χ1) is 14.9. The quantitative estimate of drug-likeness (QED) is 0.746. The van der Waals surface area contributed by atoms with Crippen molar-refractivity contribution in [3.05, 3.63) is 70.8 Å². The van der Waals surface area contributed by atoms with E-state index in [1.54, 1.807) is 0 Å². The smallest absolute Gasteiger partial charge is 0.405 e. The van der Waals surface area contributed by atoms with Gasteiger partial charge in [0.15, 0.2) is 0 Å². The molecule has 0 saturated carbocycles. The van der Waals surface area contributed by atoms with Gasteiger partial charge in [-0.3, -0.25) is 4.79 Å². The van der Waals surface area contributed by atoms with Gasteiger partial charge in [0.25, 0.3) is 5.91 Å². The van der Waals surface area contributed by atoms with E-state index in [4.69, 9.17) is 0 Å². The van der Waals surface area contributed by atoms with Crippen molar-refractivity contribution in [2.45, 2.75) is 26.3 Å². The van der Waals surface area contributed by atoms with Gasteiger partial charge in [0.1, 0.15) is 0 Å². The Kier molecular flexibility index (Phi) is 6.28. The summed E-state index contributed by atoms with van der Waals surface area (Å²) >= 11 is 0. The third-order valence-electron chi connectivity index (χ3n) is 6.78. The van der Waals surface area contributed by atoms with Crippen LogP contribution in [0.15, 0.2) is 48.5 Å². The molecule has 2 saturated heterocycles. The molecule has 0 bridgehead atoms. The van der Waals surface area contributed by atoms with Crippen molar-refractivity contribution in [2.24, 2.45) is 11.8 Å². The molecular formula is C25H31N3O3. The van der Waals surface area contributed by atoms with Crippen molar-refractivity contribution in [2.75, 3.05) is 32.7 Å². The molecule has 2 heterocycles. The summed E-state index contributed by atoms with van der Waals surface area (Å²) in [6.07, 6.45) is -0.256. The minimum absolute atomic E-state index is 0.159. The van der Waals surface area contributed by atoms with Crippen LogP contribution in [0.3, 0.4) is 0 Å². The molecule has 6 heteroatoms. The molecule has 164 valence electrons. The van der Waals surface area contributed by atoms with Crippen molar-refractivity contribution < 1.29 is 14.7 Å². The maximum atomic E-state index is 13.1. The Hall–Kier alpha value is -2.86. The van der Waals surface area contributed by atoms with Gasteiger partial charge in [-0.2, -0.15) is 0 Å². The Bertz CT molecular complexity index is 912. The SMILES string of the molecule is Cc1cccc(C)c1C(=O)N1CC2CN(CCC(NC(=O)O)c3ccccc3)C[C@H]2C1. The minimum atomic E-state index is -0.993. The highest BCUT2D eigenvalue weighted by Gasteiger charge is 2.42. The van der Waals surface area contributed by atoms with Crippen LogP contribution >= 0.6 is 0 Å². The molecule has 3 atom stereocenters. The number of carboxylic acid groups (broad SMARTS) is 1. The Morgan fingerprint density at radius 1 is 0.968 bits per heavy atom. The van der Waals surface area contributed by atoms with Gasteiger partial charge in [0.2, 0.25) is 0 Å². The first-order valence-electron chi connectivity index (χ1n) is 11.0. The largest absolute Gasteiger partial charge is 0.465 e. The first kappa shape index (κ1) is 21.4. The lowest BCUT2D eigenvalue weighted by molar-refractivity contribution is 0.0772. The molecule has 2 N–H and O–H groups in total. The second-order valence-corrected chi connectivity index (χ2v) is 8.96. The lowest BCUT2D eigenvalue weighted by Crippen LogP contribution is -2.35. The Balaban J connectivity index is 1.33. The summed E-state index contributed by atoms with van der Waals surface area (Å²) < 4.78 is 0. The third-order valence-corrected chi connectivity index (χ3v) is 6.78. The zero-order valence-electron chi connectivity index (χ0n) is 18.3. The summed E-state index contributed by atoms with van der Waals surface area (Å²) in [5.41, 5.74) is 3.93. The zero-order chi connectivity index (χ0) is 22.0. The van der Waals surface area contributed by atoms with Gasteiger partial charge in [-0.25, -0.2) is 4.79 Å². The molecule has 0 aliphatic carbocycles. The highest BCUT2D eigenvalue weighted by Crippen LogP contribution is 2.33. The second-order valence-electron chi connectivity index (χ2n) is 8.96. The van der Waals surface area contributed by atoms with Crippen LogP contribution in [0.25, 0.3) is 0 Å². The van der Waals surface area contributed by atoms with E-state index in [1.807, 2.05) is 67.3 Å². The number of fused-ring (bicyclic) bond motifs is 1. The molecule has 6 nitrogen and oxygen atoms in total. The number of benzene rings is 2. The number of carbonyl (C=O) groups excluding carboxylic acids is 1. The van der Waals surface area contributed by atoms with Gasteiger partial charge in [0.05, 0.1) is 6.04 Å². The van der Waals surface area contributed by atoms with Crippen LogP contribution in [0.1, 0.15) is 39.5 Å². The van der Waals surface area contributed by atoms with E-state index in [0.29, 0.717) is 11.8 Å². The van der Waals surface area contributed by atoms with Gasteiger partial charge >= 0.3 is 6.09 Å². The number of amides is 2. The van der Waals surface area contributed by atoms with Gasteiger partial charge in [-0.1, -0.05) is 48.5 Å². The number of hydrogen-bond donors (Lipinski definition) is 2. The van der Waals surface area contributed by atoms with Crippen LogP contribution in [0, 0.1) is 25.7 Å². The molecule has 2 aromatic rings. The predicted octanol–water partition coefficient (Wildman–Crippen LogP) is 3.71. The van der Waals surface area contributed by atoms with E-state index in [0.717, 1.165) is 61.4 Å². The highest BCUT2D eigenvalue weighted by atomic mass is 16.4. The number of likely N-dealkylation sites (tertiary alicyclic amines) is 2. The van der Waals surface area contributed by atoms with Gasteiger partial charge in [-0.05, 0) is 48.8 Å². The standard InChI is InChI=1S/C25H31N3O3/c1-17-7-6-8-18(2)23(17)24(29)28-15-20-13-27(14-21(20)16-28)12-11-22(26-25(30)31)19-9-4-3-5-10-19/h3-10,20-22,26H,11-16H2,1-2H3,(H,30,31)/t20-,21?,22?/m0/s1. The molecule has 2 aliphatic heterocycles. The van der Waals surface area contributed by atoms with Crippen LogP contribution in [0.5, 0.6) is 0 Å². The monoisotopic (exact) mass is 421 g/mol. The van der Waals surface area contributed by atoms with Crippen LogP contribution in [0.4, 0.5) is 4.79 Å².